The molecule has 0 N–H and O–H groups in total. The van der Waals surface area contributed by atoms with Gasteiger partial charge in [0.05, 0.1) is 12.7 Å². The Morgan fingerprint density at radius 1 is 1.11 bits per heavy atom. The number of ether oxygens (including phenoxy) is 1. The molecular weight excluding hydrogens is 224 g/mol. The second-order valence-corrected chi connectivity index (χ2v) is 4.68. The minimum atomic E-state index is 0.654. The summed E-state index contributed by atoms with van der Waals surface area (Å²) in [6.07, 6.45) is 9.56. The number of hydrogen-bond acceptors (Lipinski definition) is 2. The van der Waals surface area contributed by atoms with Crippen LogP contribution in [0.15, 0.2) is 18.2 Å². The number of methoxy groups -OCH3 is 1. The number of rotatable bonds is 9. The third-order valence-corrected chi connectivity index (χ3v) is 3.26. The largest absolute Gasteiger partial charge is 0.496 e. The Kier molecular flexibility index (Phi) is 7.16. The first-order chi connectivity index (χ1) is 8.83. The van der Waals surface area contributed by atoms with Gasteiger partial charge < -0.3 is 4.74 Å². The monoisotopic (exact) mass is 248 g/mol. The van der Waals surface area contributed by atoms with Gasteiger partial charge in [0.15, 0.2) is 6.29 Å². The number of benzene rings is 1. The molecule has 0 atom stereocenters. The summed E-state index contributed by atoms with van der Waals surface area (Å²) in [6.45, 7) is 2.23. The Balaban J connectivity index is 2.44. The molecule has 2 heteroatoms. The highest BCUT2D eigenvalue weighted by Crippen LogP contribution is 2.24. The van der Waals surface area contributed by atoms with Gasteiger partial charge in [-0.25, -0.2) is 0 Å². The lowest BCUT2D eigenvalue weighted by molar-refractivity contribution is 0.112. The standard InChI is InChI=1S/C16H24O2/c1-3-4-5-6-7-8-10-14-11-9-12-15(13-17)16(14)18-2/h9,11-13H,3-8,10H2,1-2H3. The molecule has 0 spiro atoms. The van der Waals surface area contributed by atoms with Gasteiger partial charge in [-0.1, -0.05) is 51.2 Å². The lowest BCUT2D eigenvalue weighted by Gasteiger charge is -2.10. The van der Waals surface area contributed by atoms with Crippen molar-refractivity contribution in [3.05, 3.63) is 29.3 Å². The van der Waals surface area contributed by atoms with Gasteiger partial charge in [-0.2, -0.15) is 0 Å². The fourth-order valence-electron chi connectivity index (χ4n) is 2.24. The zero-order chi connectivity index (χ0) is 13.2. The van der Waals surface area contributed by atoms with Gasteiger partial charge in [0.2, 0.25) is 0 Å². The van der Waals surface area contributed by atoms with E-state index < -0.39 is 0 Å². The number of aryl methyl sites for hydroxylation is 1. The fourth-order valence-corrected chi connectivity index (χ4v) is 2.24. The lowest BCUT2D eigenvalue weighted by Crippen LogP contribution is -1.97. The van der Waals surface area contributed by atoms with Crippen LogP contribution in [-0.2, 0) is 6.42 Å². The molecule has 1 aromatic carbocycles. The van der Waals surface area contributed by atoms with Gasteiger partial charge in [0, 0.05) is 0 Å². The van der Waals surface area contributed by atoms with Crippen molar-refractivity contribution in [2.24, 2.45) is 0 Å². The third kappa shape index (κ3) is 4.52. The molecule has 0 heterocycles. The van der Waals surface area contributed by atoms with Crippen LogP contribution in [0.3, 0.4) is 0 Å². The van der Waals surface area contributed by atoms with Gasteiger partial charge >= 0.3 is 0 Å². The van der Waals surface area contributed by atoms with Crippen LogP contribution in [0.1, 0.15) is 61.4 Å². The van der Waals surface area contributed by atoms with Crippen molar-refractivity contribution in [2.75, 3.05) is 7.11 Å². The van der Waals surface area contributed by atoms with Crippen LogP contribution in [0, 0.1) is 0 Å². The lowest BCUT2D eigenvalue weighted by atomic mass is 10.0. The van der Waals surface area contributed by atoms with E-state index in [1.54, 1.807) is 13.2 Å². The topological polar surface area (TPSA) is 26.3 Å². The van der Waals surface area contributed by atoms with Crippen LogP contribution in [-0.4, -0.2) is 13.4 Å². The summed E-state index contributed by atoms with van der Waals surface area (Å²) in [6, 6.07) is 5.78. The SMILES string of the molecule is CCCCCCCCc1cccc(C=O)c1OC. The van der Waals surface area contributed by atoms with E-state index in [2.05, 4.69) is 13.0 Å². The van der Waals surface area contributed by atoms with E-state index in [0.29, 0.717) is 5.56 Å². The third-order valence-electron chi connectivity index (χ3n) is 3.26. The van der Waals surface area contributed by atoms with E-state index in [4.69, 9.17) is 4.74 Å². The Bertz CT molecular complexity index is 358. The van der Waals surface area contributed by atoms with Crippen LogP contribution in [0.4, 0.5) is 0 Å². The molecule has 18 heavy (non-hydrogen) atoms. The molecule has 0 fully saturated rings. The van der Waals surface area contributed by atoms with E-state index in [1.165, 1.54) is 38.5 Å². The van der Waals surface area contributed by atoms with Crippen molar-refractivity contribution in [1.82, 2.24) is 0 Å². The number of carbonyl (C=O) groups excluding carboxylic acids is 1. The van der Waals surface area contributed by atoms with Crippen molar-refractivity contribution in [3.63, 3.8) is 0 Å². The van der Waals surface area contributed by atoms with Crippen LogP contribution >= 0.6 is 0 Å². The highest BCUT2D eigenvalue weighted by atomic mass is 16.5. The van der Waals surface area contributed by atoms with E-state index in [9.17, 15) is 4.79 Å². The van der Waals surface area contributed by atoms with Crippen molar-refractivity contribution in [3.8, 4) is 5.75 Å². The molecule has 0 unspecified atom stereocenters. The summed E-state index contributed by atoms with van der Waals surface area (Å²) in [7, 11) is 1.63. The number of unbranched alkanes of at least 4 members (excludes halogenated alkanes) is 5. The highest BCUT2D eigenvalue weighted by Gasteiger charge is 2.07. The van der Waals surface area contributed by atoms with Gasteiger partial charge in [-0.3, -0.25) is 4.79 Å². The van der Waals surface area contributed by atoms with E-state index in [0.717, 1.165) is 24.0 Å². The summed E-state index contributed by atoms with van der Waals surface area (Å²) < 4.78 is 5.33. The highest BCUT2D eigenvalue weighted by molar-refractivity contribution is 5.80. The molecule has 0 saturated carbocycles. The Morgan fingerprint density at radius 2 is 1.83 bits per heavy atom. The zero-order valence-corrected chi connectivity index (χ0v) is 11.6. The smallest absolute Gasteiger partial charge is 0.153 e. The molecule has 0 aliphatic heterocycles. The second-order valence-electron chi connectivity index (χ2n) is 4.68. The second kappa shape index (κ2) is 8.73. The fraction of sp³-hybridized carbons (Fsp3) is 0.562. The predicted octanol–water partition coefficient (Wildman–Crippen LogP) is 4.41. The first kappa shape index (κ1) is 14.7. The molecule has 0 amide bonds. The average Bonchev–Trinajstić information content (AvgIpc) is 2.42. The van der Waals surface area contributed by atoms with Gasteiger partial charge in [-0.05, 0) is 24.5 Å². The van der Waals surface area contributed by atoms with Gasteiger partial charge in [0.25, 0.3) is 0 Å². The van der Waals surface area contributed by atoms with Crippen molar-refractivity contribution in [2.45, 2.75) is 51.9 Å². The molecule has 0 saturated heterocycles. The molecule has 0 aliphatic carbocycles. The van der Waals surface area contributed by atoms with Crippen LogP contribution < -0.4 is 4.74 Å². The summed E-state index contributed by atoms with van der Waals surface area (Å²) in [5, 5.41) is 0. The van der Waals surface area contributed by atoms with Crippen LogP contribution in [0.2, 0.25) is 0 Å². The first-order valence-electron chi connectivity index (χ1n) is 6.94. The number of carbonyl (C=O) groups is 1. The molecule has 2 nitrogen and oxygen atoms in total. The maximum Gasteiger partial charge on any atom is 0.153 e. The van der Waals surface area contributed by atoms with Gasteiger partial charge in [-0.15, -0.1) is 0 Å². The molecular formula is C16H24O2. The molecule has 0 bridgehead atoms. The van der Waals surface area contributed by atoms with Crippen LogP contribution in [0.5, 0.6) is 5.75 Å². The minimum absolute atomic E-state index is 0.654. The maximum absolute atomic E-state index is 10.9. The summed E-state index contributed by atoms with van der Waals surface area (Å²) in [4.78, 5) is 10.9. The summed E-state index contributed by atoms with van der Waals surface area (Å²) in [5.74, 6) is 0.751. The number of hydrogen-bond donors (Lipinski definition) is 0. The number of para-hydroxylation sites is 1. The van der Waals surface area contributed by atoms with Crippen LogP contribution in [0.25, 0.3) is 0 Å². The maximum atomic E-state index is 10.9. The minimum Gasteiger partial charge on any atom is -0.496 e. The van der Waals surface area contributed by atoms with Crippen molar-refractivity contribution < 1.29 is 9.53 Å². The average molecular weight is 248 g/mol. The summed E-state index contributed by atoms with van der Waals surface area (Å²) in [5.41, 5.74) is 1.80. The molecule has 100 valence electrons. The Labute approximate surface area is 110 Å². The van der Waals surface area contributed by atoms with Gasteiger partial charge in [0.1, 0.15) is 5.75 Å². The van der Waals surface area contributed by atoms with E-state index in [-0.39, 0.29) is 0 Å². The Hall–Kier alpha value is -1.31. The van der Waals surface area contributed by atoms with Crippen molar-refractivity contribution in [1.29, 1.82) is 0 Å². The zero-order valence-electron chi connectivity index (χ0n) is 11.6. The molecule has 1 aromatic rings. The van der Waals surface area contributed by atoms with Crippen molar-refractivity contribution >= 4 is 6.29 Å². The molecule has 0 aromatic heterocycles. The molecule has 0 radical (unpaired) electrons. The molecule has 1 rings (SSSR count). The van der Waals surface area contributed by atoms with E-state index in [1.807, 2.05) is 6.07 Å². The normalized spacial score (nSPS) is 10.3. The quantitative estimate of drug-likeness (QED) is 0.478. The molecule has 0 aliphatic rings. The number of aldehydes is 1. The Morgan fingerprint density at radius 3 is 2.50 bits per heavy atom. The summed E-state index contributed by atoms with van der Waals surface area (Å²) >= 11 is 0. The first-order valence-corrected chi connectivity index (χ1v) is 6.94. The van der Waals surface area contributed by atoms with E-state index >= 15 is 0 Å². The predicted molar refractivity (Wildman–Crippen MR) is 75.5 cm³/mol.